The van der Waals surface area contributed by atoms with Crippen molar-refractivity contribution in [3.8, 4) is 0 Å². The molecule has 3 aromatic rings. The SMILES string of the molecule is CCn1c(C)cc(/C=N\NC(=O)c2cc3cc([N+](=O)[O-])ccc3o2)c1C. The number of carbonyl (C=O) groups excluding carboxylic acids is 1. The fourth-order valence-corrected chi connectivity index (χ4v) is 2.92. The molecule has 0 fully saturated rings. The lowest BCUT2D eigenvalue weighted by atomic mass is 10.2. The predicted octanol–water partition coefficient (Wildman–Crippen LogP) is 3.54. The highest BCUT2D eigenvalue weighted by Crippen LogP contribution is 2.24. The van der Waals surface area contributed by atoms with Crippen molar-refractivity contribution in [3.63, 3.8) is 0 Å². The summed E-state index contributed by atoms with van der Waals surface area (Å²) in [5.41, 5.74) is 5.86. The van der Waals surface area contributed by atoms with E-state index in [0.717, 1.165) is 23.5 Å². The van der Waals surface area contributed by atoms with E-state index in [-0.39, 0.29) is 11.4 Å². The first kappa shape index (κ1) is 17.4. The monoisotopic (exact) mass is 354 g/mol. The maximum atomic E-state index is 12.2. The molecule has 0 radical (unpaired) electrons. The second-order valence-corrected chi connectivity index (χ2v) is 5.86. The number of aryl methyl sites for hydroxylation is 1. The van der Waals surface area contributed by atoms with Crippen molar-refractivity contribution in [1.82, 2.24) is 9.99 Å². The molecule has 1 N–H and O–H groups in total. The first-order valence-corrected chi connectivity index (χ1v) is 8.08. The zero-order chi connectivity index (χ0) is 18.8. The fraction of sp³-hybridized carbons (Fsp3) is 0.222. The Bertz CT molecular complexity index is 1030. The minimum atomic E-state index is -0.524. The molecular formula is C18H18N4O4. The Morgan fingerprint density at radius 3 is 2.77 bits per heavy atom. The first-order chi connectivity index (χ1) is 12.4. The number of furan rings is 1. The molecule has 2 aromatic heterocycles. The van der Waals surface area contributed by atoms with E-state index < -0.39 is 10.8 Å². The molecule has 134 valence electrons. The van der Waals surface area contributed by atoms with Crippen molar-refractivity contribution in [2.45, 2.75) is 27.3 Å². The van der Waals surface area contributed by atoms with Crippen LogP contribution in [0.4, 0.5) is 5.69 Å². The quantitative estimate of drug-likeness (QED) is 0.430. The van der Waals surface area contributed by atoms with Gasteiger partial charge in [0.15, 0.2) is 5.76 Å². The third-order valence-electron chi connectivity index (χ3n) is 4.23. The molecule has 8 nitrogen and oxygen atoms in total. The number of nitrogens with zero attached hydrogens (tertiary/aromatic N) is 3. The van der Waals surface area contributed by atoms with Crippen molar-refractivity contribution in [3.05, 3.63) is 63.2 Å². The van der Waals surface area contributed by atoms with E-state index >= 15 is 0 Å². The maximum Gasteiger partial charge on any atom is 0.307 e. The van der Waals surface area contributed by atoms with Crippen LogP contribution in [0.5, 0.6) is 0 Å². The van der Waals surface area contributed by atoms with Gasteiger partial charge in [0.05, 0.1) is 11.1 Å². The van der Waals surface area contributed by atoms with E-state index in [4.69, 9.17) is 4.42 Å². The zero-order valence-electron chi connectivity index (χ0n) is 14.6. The van der Waals surface area contributed by atoms with E-state index in [1.54, 1.807) is 6.21 Å². The molecule has 0 saturated heterocycles. The maximum absolute atomic E-state index is 12.2. The number of nitro groups is 1. The van der Waals surface area contributed by atoms with Gasteiger partial charge >= 0.3 is 5.91 Å². The highest BCUT2D eigenvalue weighted by molar-refractivity contribution is 5.97. The highest BCUT2D eigenvalue weighted by atomic mass is 16.6. The third-order valence-corrected chi connectivity index (χ3v) is 4.23. The van der Waals surface area contributed by atoms with E-state index in [1.807, 2.05) is 19.9 Å². The number of fused-ring (bicyclic) bond motifs is 1. The molecule has 0 spiro atoms. The molecule has 0 atom stereocenters. The second-order valence-electron chi connectivity index (χ2n) is 5.86. The summed E-state index contributed by atoms with van der Waals surface area (Å²) >= 11 is 0. The normalized spacial score (nSPS) is 11.3. The van der Waals surface area contributed by atoms with Gasteiger partial charge in [0.25, 0.3) is 5.69 Å². The van der Waals surface area contributed by atoms with Crippen molar-refractivity contribution in [2.75, 3.05) is 0 Å². The molecule has 26 heavy (non-hydrogen) atoms. The minimum absolute atomic E-state index is 0.0386. The third kappa shape index (κ3) is 3.21. The van der Waals surface area contributed by atoms with Gasteiger partial charge in [-0.05, 0) is 39.0 Å². The van der Waals surface area contributed by atoms with E-state index in [2.05, 4.69) is 22.0 Å². The van der Waals surface area contributed by atoms with Crippen molar-refractivity contribution in [2.24, 2.45) is 5.10 Å². The van der Waals surface area contributed by atoms with Gasteiger partial charge in [-0.1, -0.05) is 0 Å². The number of hydrogen-bond acceptors (Lipinski definition) is 5. The predicted molar refractivity (Wildman–Crippen MR) is 97.5 cm³/mol. The smallest absolute Gasteiger partial charge is 0.307 e. The zero-order valence-corrected chi connectivity index (χ0v) is 14.6. The molecule has 3 rings (SSSR count). The van der Waals surface area contributed by atoms with Gasteiger partial charge < -0.3 is 8.98 Å². The van der Waals surface area contributed by atoms with Crippen molar-refractivity contribution >= 4 is 28.8 Å². The number of aromatic nitrogens is 1. The fourth-order valence-electron chi connectivity index (χ4n) is 2.92. The van der Waals surface area contributed by atoms with Gasteiger partial charge in [0, 0.05) is 41.0 Å². The summed E-state index contributed by atoms with van der Waals surface area (Å²) in [5.74, 6) is -0.485. The number of nitro benzene ring substituents is 1. The lowest BCUT2D eigenvalue weighted by Crippen LogP contribution is -2.16. The van der Waals surface area contributed by atoms with E-state index in [0.29, 0.717) is 11.0 Å². The van der Waals surface area contributed by atoms with E-state index in [1.165, 1.54) is 24.3 Å². The summed E-state index contributed by atoms with van der Waals surface area (Å²) < 4.78 is 7.57. The van der Waals surface area contributed by atoms with Gasteiger partial charge in [0.1, 0.15) is 5.58 Å². The lowest BCUT2D eigenvalue weighted by Gasteiger charge is -2.04. The number of hydrogen-bond donors (Lipinski definition) is 1. The summed E-state index contributed by atoms with van der Waals surface area (Å²) in [6.07, 6.45) is 1.58. The van der Waals surface area contributed by atoms with Crippen LogP contribution in [0, 0.1) is 24.0 Å². The Morgan fingerprint density at radius 1 is 1.35 bits per heavy atom. The Balaban J connectivity index is 1.76. The average Bonchev–Trinajstić information content (AvgIpc) is 3.15. The summed E-state index contributed by atoms with van der Waals surface area (Å²) in [5, 5.41) is 15.3. The van der Waals surface area contributed by atoms with Gasteiger partial charge in [-0.3, -0.25) is 14.9 Å². The Hall–Kier alpha value is -3.42. The van der Waals surface area contributed by atoms with Gasteiger partial charge in [-0.15, -0.1) is 0 Å². The molecule has 1 aromatic carbocycles. The molecule has 0 saturated carbocycles. The van der Waals surface area contributed by atoms with Crippen molar-refractivity contribution < 1.29 is 14.1 Å². The lowest BCUT2D eigenvalue weighted by molar-refractivity contribution is -0.384. The Kier molecular flexibility index (Phi) is 4.57. The number of benzene rings is 1. The summed E-state index contributed by atoms with van der Waals surface area (Å²) in [4.78, 5) is 22.5. The second kappa shape index (κ2) is 6.83. The van der Waals surface area contributed by atoms with Gasteiger partial charge in [0.2, 0.25) is 0 Å². The first-order valence-electron chi connectivity index (χ1n) is 8.08. The van der Waals surface area contributed by atoms with E-state index in [9.17, 15) is 14.9 Å². The average molecular weight is 354 g/mol. The molecule has 0 aliphatic heterocycles. The molecule has 1 amide bonds. The van der Waals surface area contributed by atoms with Gasteiger partial charge in [-0.25, -0.2) is 5.43 Å². The summed E-state index contributed by atoms with van der Waals surface area (Å²) in [6, 6.07) is 7.60. The number of non-ortho nitro benzene ring substituents is 1. The largest absolute Gasteiger partial charge is 0.451 e. The van der Waals surface area contributed by atoms with Gasteiger partial charge in [-0.2, -0.15) is 5.10 Å². The number of carbonyl (C=O) groups is 1. The van der Waals surface area contributed by atoms with Crippen LogP contribution in [-0.4, -0.2) is 21.6 Å². The van der Waals surface area contributed by atoms with Crippen LogP contribution in [0.15, 0.2) is 39.9 Å². The van der Waals surface area contributed by atoms with Crippen LogP contribution in [-0.2, 0) is 6.54 Å². The van der Waals surface area contributed by atoms with Crippen LogP contribution >= 0.6 is 0 Å². The number of hydrazone groups is 1. The Labute approximate surface area is 149 Å². The molecule has 0 aliphatic rings. The number of nitrogens with one attached hydrogen (secondary N) is 1. The molecule has 0 aliphatic carbocycles. The molecule has 0 unspecified atom stereocenters. The van der Waals surface area contributed by atoms with Crippen LogP contribution in [0.2, 0.25) is 0 Å². The molecule has 0 bridgehead atoms. The van der Waals surface area contributed by atoms with Crippen LogP contribution in [0.3, 0.4) is 0 Å². The van der Waals surface area contributed by atoms with Crippen LogP contribution in [0.1, 0.15) is 34.4 Å². The van der Waals surface area contributed by atoms with Crippen LogP contribution in [0.25, 0.3) is 11.0 Å². The molecule has 8 heteroatoms. The molecular weight excluding hydrogens is 336 g/mol. The summed E-state index contributed by atoms with van der Waals surface area (Å²) in [6.45, 7) is 6.93. The Morgan fingerprint density at radius 2 is 2.12 bits per heavy atom. The summed E-state index contributed by atoms with van der Waals surface area (Å²) in [7, 11) is 0. The van der Waals surface area contributed by atoms with Crippen LogP contribution < -0.4 is 5.43 Å². The molecule has 2 heterocycles. The standard InChI is InChI=1S/C18H18N4O4/c1-4-21-11(2)7-14(12(21)3)10-19-20-18(23)17-9-13-8-15(22(24)25)5-6-16(13)26-17/h5-10H,4H2,1-3H3,(H,20,23)/b19-10-. The minimum Gasteiger partial charge on any atom is -0.451 e. The number of amides is 1. The number of rotatable bonds is 5. The van der Waals surface area contributed by atoms with Crippen molar-refractivity contribution in [1.29, 1.82) is 0 Å². The topological polar surface area (TPSA) is 103 Å². The highest BCUT2D eigenvalue weighted by Gasteiger charge is 2.14.